The van der Waals surface area contributed by atoms with Crippen molar-refractivity contribution in [2.24, 2.45) is 5.92 Å². The van der Waals surface area contributed by atoms with E-state index in [1.807, 2.05) is 17.5 Å². The molecule has 2 atom stereocenters. The summed E-state index contributed by atoms with van der Waals surface area (Å²) in [6.45, 7) is 4.95. The van der Waals surface area contributed by atoms with Crippen LogP contribution in [0.25, 0.3) is 0 Å². The quantitative estimate of drug-likeness (QED) is 0.574. The molecule has 1 aromatic heterocycles. The van der Waals surface area contributed by atoms with Gasteiger partial charge >= 0.3 is 5.97 Å². The van der Waals surface area contributed by atoms with Crippen LogP contribution in [-0.2, 0) is 25.5 Å². The van der Waals surface area contributed by atoms with E-state index in [0.29, 0.717) is 17.7 Å². The monoisotopic (exact) mass is 409 g/mol. The Balaban J connectivity index is 1.72. The topological polar surface area (TPSA) is 83.9 Å². The molecule has 2 aliphatic rings. The maximum Gasteiger partial charge on any atom is 0.355 e. The van der Waals surface area contributed by atoms with Crippen molar-refractivity contribution in [1.82, 2.24) is 4.90 Å². The van der Waals surface area contributed by atoms with E-state index in [0.717, 1.165) is 4.88 Å². The molecule has 0 unspecified atom stereocenters. The lowest BCUT2D eigenvalue weighted by molar-refractivity contribution is -0.161. The highest BCUT2D eigenvalue weighted by Gasteiger charge is 2.54. The lowest BCUT2D eigenvalue weighted by Gasteiger charge is -2.50. The van der Waals surface area contributed by atoms with Gasteiger partial charge in [0.2, 0.25) is 5.91 Å². The van der Waals surface area contributed by atoms with Crippen molar-refractivity contribution in [3.05, 3.63) is 33.7 Å². The molecule has 1 aromatic rings. The van der Waals surface area contributed by atoms with E-state index >= 15 is 0 Å². The maximum atomic E-state index is 12.7. The van der Waals surface area contributed by atoms with Crippen molar-refractivity contribution in [1.29, 1.82) is 0 Å². The smallest absolute Gasteiger partial charge is 0.355 e. The van der Waals surface area contributed by atoms with Gasteiger partial charge in [-0.15, -0.1) is 23.1 Å². The van der Waals surface area contributed by atoms with E-state index < -0.39 is 17.5 Å². The summed E-state index contributed by atoms with van der Waals surface area (Å²) in [5.74, 6) is -0.825. The number of hydrogen-bond acceptors (Lipinski definition) is 7. The third-order valence-electron chi connectivity index (χ3n) is 4.34. The van der Waals surface area contributed by atoms with Gasteiger partial charge in [-0.1, -0.05) is 6.07 Å². The highest BCUT2D eigenvalue weighted by molar-refractivity contribution is 8.00. The van der Waals surface area contributed by atoms with Crippen LogP contribution >= 0.6 is 23.1 Å². The molecule has 1 fully saturated rings. The summed E-state index contributed by atoms with van der Waals surface area (Å²) in [6, 6.07) is 3.80. The molecule has 0 saturated carbocycles. The second-order valence-electron chi connectivity index (χ2n) is 7.63. The van der Waals surface area contributed by atoms with E-state index in [2.05, 4.69) is 0 Å². The number of esters is 1. The minimum atomic E-state index is -0.700. The van der Waals surface area contributed by atoms with Gasteiger partial charge in [-0.25, -0.2) is 4.79 Å². The molecule has 3 rings (SSSR count). The average Bonchev–Trinajstić information content (AvgIpc) is 3.09. The minimum Gasteiger partial charge on any atom is -0.455 e. The number of aliphatic hydroxyl groups excluding tert-OH is 1. The SMILES string of the molecule is CC(C)(C)OC(=O)C1=C(CO)CS[C@@H]2[C@H](CC(=O)Cc3cccs3)C(=O)N12. The van der Waals surface area contributed by atoms with Crippen molar-refractivity contribution in [2.75, 3.05) is 12.4 Å². The number of nitrogens with zero attached hydrogens (tertiary/aromatic N) is 1. The van der Waals surface area contributed by atoms with Crippen LogP contribution in [0.4, 0.5) is 0 Å². The lowest BCUT2D eigenvalue weighted by atomic mass is 9.89. The summed E-state index contributed by atoms with van der Waals surface area (Å²) >= 11 is 3.00. The highest BCUT2D eigenvalue weighted by Crippen LogP contribution is 2.45. The van der Waals surface area contributed by atoms with Gasteiger partial charge in [-0.3, -0.25) is 14.5 Å². The Hall–Kier alpha value is -1.64. The number of β-lactam (4-membered cyclic amide) rings is 1. The summed E-state index contributed by atoms with van der Waals surface area (Å²) in [6.07, 6.45) is 0.496. The van der Waals surface area contributed by atoms with Crippen molar-refractivity contribution in [2.45, 2.75) is 44.6 Å². The molecule has 27 heavy (non-hydrogen) atoms. The first kappa shape index (κ1) is 20.1. The number of ether oxygens (including phenoxy) is 1. The minimum absolute atomic E-state index is 0.0202. The molecular formula is C19H23NO5S2. The van der Waals surface area contributed by atoms with Crippen molar-refractivity contribution >= 4 is 40.8 Å². The zero-order valence-electron chi connectivity index (χ0n) is 15.6. The summed E-state index contributed by atoms with van der Waals surface area (Å²) in [5.41, 5.74) is -0.0697. The standard InChI is InChI=1S/C19H23NO5S2/c1-19(2,3)25-18(24)15-11(9-21)10-27-17-14(16(23)20(15)17)8-12(22)7-13-5-4-6-26-13/h4-6,14,17,21H,7-10H2,1-3H3/t14-,17-/m1/s1. The molecule has 2 aliphatic heterocycles. The van der Waals surface area contributed by atoms with Crippen LogP contribution in [0.1, 0.15) is 32.1 Å². The van der Waals surface area contributed by atoms with Crippen molar-refractivity contribution in [3.8, 4) is 0 Å². The number of aliphatic hydroxyl groups is 1. The van der Waals surface area contributed by atoms with Crippen LogP contribution in [0, 0.1) is 5.92 Å². The van der Waals surface area contributed by atoms with Crippen molar-refractivity contribution < 1.29 is 24.2 Å². The third kappa shape index (κ3) is 4.28. The predicted molar refractivity (Wildman–Crippen MR) is 104 cm³/mol. The Kier molecular flexibility index (Phi) is 5.79. The summed E-state index contributed by atoms with van der Waals surface area (Å²) < 4.78 is 5.42. The Labute approximate surface area is 166 Å². The first-order valence-electron chi connectivity index (χ1n) is 8.76. The van der Waals surface area contributed by atoms with E-state index in [-0.39, 0.29) is 35.8 Å². The molecular weight excluding hydrogens is 386 g/mol. The zero-order chi connectivity index (χ0) is 19.8. The van der Waals surface area contributed by atoms with Gasteiger partial charge in [0.25, 0.3) is 0 Å². The van der Waals surface area contributed by atoms with Gasteiger partial charge in [0.1, 0.15) is 17.1 Å². The number of amides is 1. The van der Waals surface area contributed by atoms with Gasteiger partial charge in [0, 0.05) is 23.5 Å². The number of carbonyl (C=O) groups excluding carboxylic acids is 3. The van der Waals surface area contributed by atoms with E-state index in [1.54, 1.807) is 20.8 Å². The van der Waals surface area contributed by atoms with Crippen LogP contribution in [0.5, 0.6) is 0 Å². The fraction of sp³-hybridized carbons (Fsp3) is 0.526. The lowest BCUT2D eigenvalue weighted by Crippen LogP contribution is -2.62. The molecule has 146 valence electrons. The van der Waals surface area contributed by atoms with Gasteiger partial charge in [-0.05, 0) is 37.8 Å². The summed E-state index contributed by atoms with van der Waals surface area (Å²) in [5, 5.41) is 11.3. The average molecular weight is 410 g/mol. The van der Waals surface area contributed by atoms with Gasteiger partial charge in [0.05, 0.1) is 17.9 Å². The second-order valence-corrected chi connectivity index (χ2v) is 9.76. The molecule has 0 aromatic carbocycles. The summed E-state index contributed by atoms with van der Waals surface area (Å²) in [4.78, 5) is 40.0. The molecule has 1 amide bonds. The molecule has 6 nitrogen and oxygen atoms in total. The molecule has 0 radical (unpaired) electrons. The molecule has 0 bridgehead atoms. The van der Waals surface area contributed by atoms with Crippen LogP contribution in [0.15, 0.2) is 28.8 Å². The molecule has 0 spiro atoms. The molecule has 1 saturated heterocycles. The van der Waals surface area contributed by atoms with Gasteiger partial charge in [0.15, 0.2) is 0 Å². The fourth-order valence-corrected chi connectivity index (χ4v) is 5.32. The van der Waals surface area contributed by atoms with E-state index in [4.69, 9.17) is 4.74 Å². The first-order valence-corrected chi connectivity index (χ1v) is 10.7. The van der Waals surface area contributed by atoms with E-state index in [1.165, 1.54) is 28.0 Å². The molecule has 8 heteroatoms. The number of Topliss-reactive ketones (excluding diaryl/α,β-unsaturated/α-hetero) is 1. The van der Waals surface area contributed by atoms with Crippen LogP contribution < -0.4 is 0 Å². The Morgan fingerprint density at radius 2 is 2.11 bits per heavy atom. The number of fused-ring (bicyclic) bond motifs is 1. The first-order chi connectivity index (χ1) is 12.7. The number of thiophene rings is 1. The predicted octanol–water partition coefficient (Wildman–Crippen LogP) is 2.37. The zero-order valence-corrected chi connectivity index (χ0v) is 17.2. The molecule has 0 aliphatic carbocycles. The van der Waals surface area contributed by atoms with Crippen LogP contribution in [0.3, 0.4) is 0 Å². The third-order valence-corrected chi connectivity index (χ3v) is 6.61. The number of thioether (sulfide) groups is 1. The number of carbonyl (C=O) groups is 3. The Bertz CT molecular complexity index is 779. The van der Waals surface area contributed by atoms with Crippen molar-refractivity contribution in [3.63, 3.8) is 0 Å². The van der Waals surface area contributed by atoms with E-state index in [9.17, 15) is 19.5 Å². The number of hydrogen-bond donors (Lipinski definition) is 1. The fourth-order valence-electron chi connectivity index (χ4n) is 3.18. The Morgan fingerprint density at radius 3 is 2.70 bits per heavy atom. The number of rotatable bonds is 6. The molecule has 3 heterocycles. The highest BCUT2D eigenvalue weighted by atomic mass is 32.2. The van der Waals surface area contributed by atoms with Gasteiger partial charge < -0.3 is 9.84 Å². The normalized spacial score (nSPS) is 22.4. The maximum absolute atomic E-state index is 12.7. The van der Waals surface area contributed by atoms with Gasteiger partial charge in [-0.2, -0.15) is 0 Å². The Morgan fingerprint density at radius 1 is 1.37 bits per heavy atom. The second kappa shape index (κ2) is 7.77. The number of ketones is 1. The summed E-state index contributed by atoms with van der Waals surface area (Å²) in [7, 11) is 0. The largest absolute Gasteiger partial charge is 0.455 e. The van der Waals surface area contributed by atoms with Crippen LogP contribution in [-0.4, -0.2) is 51.0 Å². The molecule has 1 N–H and O–H groups in total. The van der Waals surface area contributed by atoms with Crippen LogP contribution in [0.2, 0.25) is 0 Å².